The molecule has 1 aliphatic carbocycles. The van der Waals surface area contributed by atoms with E-state index in [0.717, 1.165) is 30.2 Å². The van der Waals surface area contributed by atoms with Crippen molar-refractivity contribution < 1.29 is 0 Å². The predicted octanol–water partition coefficient (Wildman–Crippen LogP) is 2.39. The van der Waals surface area contributed by atoms with E-state index in [1.807, 2.05) is 6.20 Å². The Hall–Kier alpha value is -0.870. The zero-order chi connectivity index (χ0) is 14.9. The van der Waals surface area contributed by atoms with Gasteiger partial charge in [-0.2, -0.15) is 0 Å². The fourth-order valence-electron chi connectivity index (χ4n) is 4.84. The second kappa shape index (κ2) is 6.32. The number of nitrogens with zero attached hydrogens (tertiary/aromatic N) is 4. The summed E-state index contributed by atoms with van der Waals surface area (Å²) in [6.45, 7) is 9.85. The Bertz CT molecular complexity index is 489. The van der Waals surface area contributed by atoms with Gasteiger partial charge in [0, 0.05) is 44.6 Å². The lowest BCUT2D eigenvalue weighted by atomic mass is 9.96. The first-order valence-electron chi connectivity index (χ1n) is 9.22. The molecule has 4 nitrogen and oxygen atoms in total. The predicted molar refractivity (Wildman–Crippen MR) is 88.8 cm³/mol. The highest BCUT2D eigenvalue weighted by molar-refractivity contribution is 4.92. The maximum absolute atomic E-state index is 4.34. The van der Waals surface area contributed by atoms with Crippen LogP contribution in [0.1, 0.15) is 37.9 Å². The number of imidazole rings is 1. The average Bonchev–Trinajstić information content (AvgIpc) is 3.25. The zero-order valence-corrected chi connectivity index (χ0v) is 14.0. The van der Waals surface area contributed by atoms with E-state index >= 15 is 0 Å². The van der Waals surface area contributed by atoms with Gasteiger partial charge < -0.3 is 9.47 Å². The Kier molecular flexibility index (Phi) is 4.23. The smallest absolute Gasteiger partial charge is 0.105 e. The van der Waals surface area contributed by atoms with Crippen LogP contribution in [0.15, 0.2) is 12.4 Å². The van der Waals surface area contributed by atoms with Gasteiger partial charge in [0.1, 0.15) is 5.82 Å². The first-order valence-corrected chi connectivity index (χ1v) is 9.22. The van der Waals surface area contributed by atoms with E-state index in [2.05, 4.69) is 32.5 Å². The van der Waals surface area contributed by atoms with Gasteiger partial charge in [-0.15, -0.1) is 0 Å². The van der Waals surface area contributed by atoms with Gasteiger partial charge in [-0.3, -0.25) is 4.90 Å². The first-order chi connectivity index (χ1) is 10.8. The summed E-state index contributed by atoms with van der Waals surface area (Å²) in [6.07, 6.45) is 11.2. The molecule has 122 valence electrons. The van der Waals surface area contributed by atoms with Crippen LogP contribution < -0.4 is 0 Å². The van der Waals surface area contributed by atoms with E-state index < -0.39 is 0 Å². The maximum atomic E-state index is 4.34. The average molecular weight is 302 g/mol. The van der Waals surface area contributed by atoms with Crippen molar-refractivity contribution in [1.29, 1.82) is 0 Å². The van der Waals surface area contributed by atoms with Crippen molar-refractivity contribution in [1.82, 2.24) is 19.4 Å². The third-order valence-corrected chi connectivity index (χ3v) is 6.31. The van der Waals surface area contributed by atoms with Crippen LogP contribution in [0.5, 0.6) is 0 Å². The molecule has 0 spiro atoms. The van der Waals surface area contributed by atoms with Crippen molar-refractivity contribution in [2.45, 2.75) is 51.6 Å². The van der Waals surface area contributed by atoms with E-state index in [1.165, 1.54) is 64.8 Å². The molecule has 1 aromatic heterocycles. The fraction of sp³-hybridized carbons (Fsp3) is 0.833. The van der Waals surface area contributed by atoms with Crippen molar-refractivity contribution in [3.05, 3.63) is 18.2 Å². The second-order valence-electron chi connectivity index (χ2n) is 7.74. The number of piperidine rings is 2. The monoisotopic (exact) mass is 302 g/mol. The van der Waals surface area contributed by atoms with Gasteiger partial charge in [0.2, 0.25) is 0 Å². The van der Waals surface area contributed by atoms with Crippen LogP contribution in [0.25, 0.3) is 0 Å². The highest BCUT2D eigenvalue weighted by Gasteiger charge is 2.37. The lowest BCUT2D eigenvalue weighted by Gasteiger charge is -2.34. The molecule has 1 saturated carbocycles. The molecule has 0 radical (unpaired) electrons. The quantitative estimate of drug-likeness (QED) is 0.835. The molecule has 22 heavy (non-hydrogen) atoms. The lowest BCUT2D eigenvalue weighted by molar-refractivity contribution is 0.135. The van der Waals surface area contributed by atoms with Crippen molar-refractivity contribution >= 4 is 0 Å². The Labute approximate surface area is 134 Å². The van der Waals surface area contributed by atoms with Gasteiger partial charge in [0.05, 0.1) is 0 Å². The van der Waals surface area contributed by atoms with Crippen LogP contribution in [-0.4, -0.2) is 58.1 Å². The number of aryl methyl sites for hydroxylation is 1. The third-order valence-electron chi connectivity index (χ3n) is 6.31. The summed E-state index contributed by atoms with van der Waals surface area (Å²) >= 11 is 0. The summed E-state index contributed by atoms with van der Waals surface area (Å²) in [4.78, 5) is 9.81. The van der Waals surface area contributed by atoms with Gasteiger partial charge >= 0.3 is 0 Å². The topological polar surface area (TPSA) is 24.3 Å². The minimum Gasteiger partial charge on any atom is -0.335 e. The van der Waals surface area contributed by atoms with Crippen LogP contribution in [0.4, 0.5) is 0 Å². The standard InChI is InChI=1S/C18H30N4/c1-15-19-6-9-21(15)13-16-4-7-20(8-5-16)10-11-22-14-17-2-3-18(22)12-17/h6,9,16-18H,2-5,7-8,10-14H2,1H3/t17-,18+/m0/s1. The molecule has 3 aliphatic rings. The Morgan fingerprint density at radius 2 is 2.00 bits per heavy atom. The van der Waals surface area contributed by atoms with Crippen molar-refractivity contribution in [2.75, 3.05) is 32.7 Å². The first kappa shape index (κ1) is 14.7. The number of hydrogen-bond acceptors (Lipinski definition) is 3. The SMILES string of the molecule is Cc1nccn1CC1CCN(CCN2C[C@H]3CC[C@@H]2C3)CC1. The number of aromatic nitrogens is 2. The number of fused-ring (bicyclic) bond motifs is 2. The van der Waals surface area contributed by atoms with Gasteiger partial charge in [0.15, 0.2) is 0 Å². The van der Waals surface area contributed by atoms with Crippen molar-refractivity contribution in [2.24, 2.45) is 11.8 Å². The molecule has 3 heterocycles. The van der Waals surface area contributed by atoms with E-state index in [0.29, 0.717) is 0 Å². The molecule has 2 saturated heterocycles. The third kappa shape index (κ3) is 3.09. The van der Waals surface area contributed by atoms with Crippen LogP contribution in [0, 0.1) is 18.8 Å². The van der Waals surface area contributed by atoms with E-state index in [9.17, 15) is 0 Å². The van der Waals surface area contributed by atoms with Gasteiger partial charge in [0.25, 0.3) is 0 Å². The molecule has 3 fully saturated rings. The molecule has 0 N–H and O–H groups in total. The highest BCUT2D eigenvalue weighted by atomic mass is 15.2. The molecule has 2 atom stereocenters. The molecule has 1 aromatic rings. The Morgan fingerprint density at radius 3 is 2.64 bits per heavy atom. The Balaban J connectivity index is 1.19. The number of hydrogen-bond donors (Lipinski definition) is 0. The van der Waals surface area contributed by atoms with Gasteiger partial charge in [-0.25, -0.2) is 4.98 Å². The minimum absolute atomic E-state index is 0.840. The highest BCUT2D eigenvalue weighted by Crippen LogP contribution is 2.37. The summed E-state index contributed by atoms with van der Waals surface area (Å²) in [7, 11) is 0. The van der Waals surface area contributed by atoms with Crippen LogP contribution in [-0.2, 0) is 6.54 Å². The summed E-state index contributed by atoms with van der Waals surface area (Å²) in [6, 6.07) is 0.937. The summed E-state index contributed by atoms with van der Waals surface area (Å²) in [5.41, 5.74) is 0. The summed E-state index contributed by atoms with van der Waals surface area (Å²) in [5, 5.41) is 0. The van der Waals surface area contributed by atoms with E-state index in [4.69, 9.17) is 0 Å². The fourth-order valence-corrected chi connectivity index (χ4v) is 4.84. The molecule has 2 aliphatic heterocycles. The van der Waals surface area contributed by atoms with Crippen LogP contribution >= 0.6 is 0 Å². The van der Waals surface area contributed by atoms with Crippen LogP contribution in [0.3, 0.4) is 0 Å². The normalized spacial score (nSPS) is 30.4. The second-order valence-corrected chi connectivity index (χ2v) is 7.74. The summed E-state index contributed by atoms with van der Waals surface area (Å²) < 4.78 is 2.32. The molecular formula is C18H30N4. The largest absolute Gasteiger partial charge is 0.335 e. The van der Waals surface area contributed by atoms with E-state index in [-0.39, 0.29) is 0 Å². The molecule has 4 heteroatoms. The lowest BCUT2D eigenvalue weighted by Crippen LogP contribution is -2.42. The molecule has 4 rings (SSSR count). The minimum atomic E-state index is 0.840. The summed E-state index contributed by atoms with van der Waals surface area (Å²) in [5.74, 6) is 3.03. The molecule has 0 aromatic carbocycles. The number of likely N-dealkylation sites (tertiary alicyclic amines) is 2. The van der Waals surface area contributed by atoms with Gasteiger partial charge in [-0.1, -0.05) is 0 Å². The van der Waals surface area contributed by atoms with Crippen molar-refractivity contribution in [3.63, 3.8) is 0 Å². The molecule has 0 unspecified atom stereocenters. The molecule has 2 bridgehead atoms. The zero-order valence-electron chi connectivity index (χ0n) is 14.0. The van der Waals surface area contributed by atoms with Crippen molar-refractivity contribution in [3.8, 4) is 0 Å². The number of rotatable bonds is 5. The van der Waals surface area contributed by atoms with Crippen LogP contribution in [0.2, 0.25) is 0 Å². The molecular weight excluding hydrogens is 272 g/mol. The maximum Gasteiger partial charge on any atom is 0.105 e. The van der Waals surface area contributed by atoms with Gasteiger partial charge in [-0.05, 0) is 64.0 Å². The molecule has 0 amide bonds. The van der Waals surface area contributed by atoms with E-state index in [1.54, 1.807) is 0 Å². The Morgan fingerprint density at radius 1 is 1.14 bits per heavy atom.